The summed E-state index contributed by atoms with van der Waals surface area (Å²) in [4.78, 5) is 26.6. The molecule has 116 valence electrons. The maximum absolute atomic E-state index is 12.1. The van der Waals surface area contributed by atoms with Crippen molar-refractivity contribution in [2.24, 2.45) is 0 Å². The fraction of sp³-hybridized carbons (Fsp3) is 0.600. The van der Waals surface area contributed by atoms with Crippen LogP contribution in [0.5, 0.6) is 0 Å². The standard InChI is InChI=1S/C15H22N2O3S/c1-3-10(4-2)16-13(18)9-17-7-5-12-11(6-8-21-12)14(17)15(19)20/h6,8,10,14H,3-5,7,9H2,1-2H3,(H,16,18)(H,19,20). The van der Waals surface area contributed by atoms with Gasteiger partial charge in [0, 0.05) is 17.5 Å². The van der Waals surface area contributed by atoms with Crippen LogP contribution in [0, 0.1) is 0 Å². The highest BCUT2D eigenvalue weighted by molar-refractivity contribution is 7.10. The van der Waals surface area contributed by atoms with E-state index in [-0.39, 0.29) is 18.5 Å². The molecule has 1 atom stereocenters. The Balaban J connectivity index is 2.06. The van der Waals surface area contributed by atoms with E-state index in [4.69, 9.17) is 0 Å². The lowest BCUT2D eigenvalue weighted by molar-refractivity contribution is -0.144. The third-order valence-electron chi connectivity index (χ3n) is 4.00. The van der Waals surface area contributed by atoms with Crippen LogP contribution in [0.1, 0.15) is 43.2 Å². The predicted molar refractivity (Wildman–Crippen MR) is 82.5 cm³/mol. The van der Waals surface area contributed by atoms with Crippen LogP contribution in [-0.2, 0) is 16.0 Å². The van der Waals surface area contributed by atoms with E-state index in [0.29, 0.717) is 6.54 Å². The van der Waals surface area contributed by atoms with E-state index >= 15 is 0 Å². The number of fused-ring (bicyclic) bond motifs is 1. The van der Waals surface area contributed by atoms with Gasteiger partial charge in [-0.05, 0) is 36.3 Å². The van der Waals surface area contributed by atoms with Crippen LogP contribution in [0.25, 0.3) is 0 Å². The Morgan fingerprint density at radius 2 is 2.19 bits per heavy atom. The molecule has 1 aliphatic heterocycles. The van der Waals surface area contributed by atoms with Gasteiger partial charge in [-0.2, -0.15) is 0 Å². The third-order valence-corrected chi connectivity index (χ3v) is 4.99. The minimum atomic E-state index is -0.885. The van der Waals surface area contributed by atoms with Crippen LogP contribution in [-0.4, -0.2) is 41.0 Å². The molecule has 0 aliphatic carbocycles. The number of carboxylic acid groups (broad SMARTS) is 1. The molecule has 1 amide bonds. The van der Waals surface area contributed by atoms with Gasteiger partial charge in [-0.3, -0.25) is 14.5 Å². The summed E-state index contributed by atoms with van der Waals surface area (Å²) in [6.45, 7) is 4.82. The number of nitrogens with one attached hydrogen (secondary N) is 1. The summed E-state index contributed by atoms with van der Waals surface area (Å²) in [7, 11) is 0. The van der Waals surface area contributed by atoms with Gasteiger partial charge in [-0.25, -0.2) is 0 Å². The van der Waals surface area contributed by atoms with Crippen molar-refractivity contribution in [2.75, 3.05) is 13.1 Å². The summed E-state index contributed by atoms with van der Waals surface area (Å²) in [5.41, 5.74) is 0.842. The minimum absolute atomic E-state index is 0.0892. The Bertz CT molecular complexity index is 511. The molecule has 1 aromatic heterocycles. The van der Waals surface area contributed by atoms with E-state index in [1.807, 2.05) is 25.3 Å². The number of hydrogen-bond acceptors (Lipinski definition) is 4. The lowest BCUT2D eigenvalue weighted by atomic mass is 10.00. The number of hydrogen-bond donors (Lipinski definition) is 2. The molecule has 0 fully saturated rings. The molecule has 0 spiro atoms. The molecular weight excluding hydrogens is 288 g/mol. The molecule has 5 nitrogen and oxygen atoms in total. The molecule has 0 saturated carbocycles. The maximum atomic E-state index is 12.1. The summed E-state index contributed by atoms with van der Waals surface area (Å²) in [5.74, 6) is -0.974. The van der Waals surface area contributed by atoms with Gasteiger partial charge in [-0.15, -0.1) is 11.3 Å². The summed E-state index contributed by atoms with van der Waals surface area (Å²) in [6.07, 6.45) is 2.59. The topological polar surface area (TPSA) is 69.6 Å². The Kier molecular flexibility index (Phi) is 5.36. The molecule has 2 rings (SSSR count). The SMILES string of the molecule is CCC(CC)NC(=O)CN1CCc2sccc2C1C(=O)O. The van der Waals surface area contributed by atoms with E-state index in [1.165, 1.54) is 0 Å². The van der Waals surface area contributed by atoms with Crippen LogP contribution in [0.3, 0.4) is 0 Å². The second-order valence-corrected chi connectivity index (χ2v) is 6.34. The number of aliphatic carboxylic acids is 1. The van der Waals surface area contributed by atoms with Crippen LogP contribution in [0.4, 0.5) is 0 Å². The number of thiophene rings is 1. The van der Waals surface area contributed by atoms with E-state index in [1.54, 1.807) is 16.2 Å². The maximum Gasteiger partial charge on any atom is 0.325 e. The first-order valence-electron chi connectivity index (χ1n) is 7.39. The molecule has 0 aromatic carbocycles. The second kappa shape index (κ2) is 7.04. The summed E-state index contributed by atoms with van der Waals surface area (Å²) >= 11 is 1.59. The lowest BCUT2D eigenvalue weighted by Crippen LogP contribution is -2.46. The molecule has 1 aliphatic rings. The highest BCUT2D eigenvalue weighted by Gasteiger charge is 2.34. The lowest BCUT2D eigenvalue weighted by Gasteiger charge is -2.32. The number of amides is 1. The first-order valence-corrected chi connectivity index (χ1v) is 8.27. The zero-order valence-electron chi connectivity index (χ0n) is 12.5. The first kappa shape index (κ1) is 16.0. The average molecular weight is 310 g/mol. The largest absolute Gasteiger partial charge is 0.480 e. The molecule has 2 heterocycles. The van der Waals surface area contributed by atoms with Gasteiger partial charge >= 0.3 is 5.97 Å². The van der Waals surface area contributed by atoms with E-state index in [2.05, 4.69) is 5.32 Å². The van der Waals surface area contributed by atoms with Gasteiger partial charge in [0.15, 0.2) is 0 Å². The van der Waals surface area contributed by atoms with Crippen LogP contribution in [0.15, 0.2) is 11.4 Å². The molecule has 1 aromatic rings. The smallest absolute Gasteiger partial charge is 0.325 e. The molecule has 1 unspecified atom stereocenters. The quantitative estimate of drug-likeness (QED) is 0.843. The Morgan fingerprint density at radius 3 is 2.81 bits per heavy atom. The van der Waals surface area contributed by atoms with Crippen molar-refractivity contribution in [2.45, 2.75) is 45.2 Å². The van der Waals surface area contributed by atoms with Crippen LogP contribution < -0.4 is 5.32 Å². The minimum Gasteiger partial charge on any atom is -0.480 e. The van der Waals surface area contributed by atoms with Gasteiger partial charge in [0.1, 0.15) is 6.04 Å². The van der Waals surface area contributed by atoms with Gasteiger partial charge < -0.3 is 10.4 Å². The fourth-order valence-corrected chi connectivity index (χ4v) is 3.68. The van der Waals surface area contributed by atoms with Gasteiger partial charge in [0.05, 0.1) is 6.54 Å². The monoisotopic (exact) mass is 310 g/mol. The van der Waals surface area contributed by atoms with Crippen LogP contribution in [0.2, 0.25) is 0 Å². The highest BCUT2D eigenvalue weighted by atomic mass is 32.1. The van der Waals surface area contributed by atoms with Gasteiger partial charge in [0.2, 0.25) is 5.91 Å². The summed E-state index contributed by atoms with van der Waals surface area (Å²) in [6, 6.07) is 1.33. The Morgan fingerprint density at radius 1 is 1.48 bits per heavy atom. The number of rotatable bonds is 6. The van der Waals surface area contributed by atoms with E-state index < -0.39 is 12.0 Å². The molecule has 0 saturated heterocycles. The zero-order chi connectivity index (χ0) is 15.4. The Labute approximate surface area is 129 Å². The average Bonchev–Trinajstić information content (AvgIpc) is 2.92. The second-order valence-electron chi connectivity index (χ2n) is 5.34. The third kappa shape index (κ3) is 3.63. The van der Waals surface area contributed by atoms with E-state index in [0.717, 1.165) is 29.7 Å². The van der Waals surface area contributed by atoms with Crippen molar-refractivity contribution in [1.82, 2.24) is 10.2 Å². The molecule has 21 heavy (non-hydrogen) atoms. The zero-order valence-corrected chi connectivity index (χ0v) is 13.3. The summed E-state index contributed by atoms with van der Waals surface area (Å²) in [5, 5.41) is 14.4. The van der Waals surface area contributed by atoms with E-state index in [9.17, 15) is 14.7 Å². The molecule has 0 bridgehead atoms. The molecule has 6 heteroatoms. The molecule has 2 N–H and O–H groups in total. The normalized spacial score (nSPS) is 18.5. The highest BCUT2D eigenvalue weighted by Crippen LogP contribution is 2.33. The molecule has 0 radical (unpaired) electrons. The van der Waals surface area contributed by atoms with Crippen molar-refractivity contribution in [1.29, 1.82) is 0 Å². The summed E-state index contributed by atoms with van der Waals surface area (Å²) < 4.78 is 0. The predicted octanol–water partition coefficient (Wildman–Crippen LogP) is 2.04. The van der Waals surface area contributed by atoms with Crippen molar-refractivity contribution in [3.8, 4) is 0 Å². The van der Waals surface area contributed by atoms with Gasteiger partial charge in [-0.1, -0.05) is 13.8 Å². The first-order chi connectivity index (χ1) is 10.1. The Hall–Kier alpha value is -1.40. The van der Waals surface area contributed by atoms with Crippen molar-refractivity contribution in [3.63, 3.8) is 0 Å². The number of carbonyl (C=O) groups excluding carboxylic acids is 1. The van der Waals surface area contributed by atoms with Crippen LogP contribution >= 0.6 is 11.3 Å². The molecular formula is C15H22N2O3S. The number of carboxylic acids is 1. The number of nitrogens with zero attached hydrogens (tertiary/aromatic N) is 1. The van der Waals surface area contributed by atoms with Crippen molar-refractivity contribution >= 4 is 23.2 Å². The van der Waals surface area contributed by atoms with Crippen molar-refractivity contribution in [3.05, 3.63) is 21.9 Å². The van der Waals surface area contributed by atoms with Crippen molar-refractivity contribution < 1.29 is 14.7 Å². The van der Waals surface area contributed by atoms with Gasteiger partial charge in [0.25, 0.3) is 0 Å². The fourth-order valence-electron chi connectivity index (χ4n) is 2.78. The number of carbonyl (C=O) groups is 2.